The van der Waals surface area contributed by atoms with Crippen molar-refractivity contribution in [1.82, 2.24) is 15.2 Å². The van der Waals surface area contributed by atoms with Gasteiger partial charge in [0, 0.05) is 31.1 Å². The van der Waals surface area contributed by atoms with E-state index in [2.05, 4.69) is 15.6 Å². The fraction of sp³-hybridized carbons (Fsp3) is 0.400. The Morgan fingerprint density at radius 3 is 2.96 bits per heavy atom. The molecule has 25 heavy (non-hydrogen) atoms. The first kappa shape index (κ1) is 21.4. The zero-order valence-electron chi connectivity index (χ0n) is 13.6. The molecule has 0 unspecified atom stereocenters. The molecule has 0 aliphatic carbocycles. The monoisotopic (exact) mass is 406 g/mol. The van der Waals surface area contributed by atoms with E-state index in [1.54, 1.807) is 17.5 Å². The van der Waals surface area contributed by atoms with Crippen LogP contribution in [0.4, 0.5) is 5.13 Å². The summed E-state index contributed by atoms with van der Waals surface area (Å²) in [4.78, 5) is 30.4. The lowest BCUT2D eigenvalue weighted by atomic mass is 10.2. The van der Waals surface area contributed by atoms with Crippen molar-refractivity contribution >= 4 is 53.1 Å². The van der Waals surface area contributed by atoms with Gasteiger partial charge in [0.1, 0.15) is 0 Å². The molecular formula is C15H20Cl2N4O3S. The predicted molar refractivity (Wildman–Crippen MR) is 101 cm³/mol. The highest BCUT2D eigenvalue weighted by molar-refractivity contribution is 7.14. The van der Waals surface area contributed by atoms with E-state index in [0.29, 0.717) is 17.4 Å². The normalized spacial score (nSPS) is 16.5. The molecule has 7 nitrogen and oxygen atoms in total. The van der Waals surface area contributed by atoms with Gasteiger partial charge < -0.3 is 14.6 Å². The largest absolute Gasteiger partial charge is 0.459 e. The summed E-state index contributed by atoms with van der Waals surface area (Å²) in [6.07, 6.45) is 1.69. The van der Waals surface area contributed by atoms with Crippen molar-refractivity contribution in [2.75, 3.05) is 25.0 Å². The van der Waals surface area contributed by atoms with Gasteiger partial charge >= 0.3 is 0 Å². The molecular weight excluding hydrogens is 387 g/mol. The fourth-order valence-electron chi connectivity index (χ4n) is 2.48. The quantitative estimate of drug-likeness (QED) is 0.812. The lowest BCUT2D eigenvalue weighted by Gasteiger charge is -2.33. The number of carbonyl (C=O) groups is 2. The average Bonchev–Trinajstić information content (AvgIpc) is 3.19. The zero-order valence-corrected chi connectivity index (χ0v) is 16.0. The number of furan rings is 1. The lowest BCUT2D eigenvalue weighted by molar-refractivity contribution is -0.133. The molecule has 0 aromatic carbocycles. The van der Waals surface area contributed by atoms with Crippen LogP contribution >= 0.6 is 36.2 Å². The summed E-state index contributed by atoms with van der Waals surface area (Å²) < 4.78 is 5.03. The molecule has 1 saturated heterocycles. The van der Waals surface area contributed by atoms with Gasteiger partial charge in [-0.1, -0.05) is 0 Å². The second-order valence-electron chi connectivity index (χ2n) is 5.39. The Morgan fingerprint density at radius 2 is 2.28 bits per heavy atom. The van der Waals surface area contributed by atoms with Crippen LogP contribution in [-0.4, -0.2) is 47.4 Å². The first-order valence-electron chi connectivity index (χ1n) is 7.43. The van der Waals surface area contributed by atoms with Gasteiger partial charge in [-0.25, -0.2) is 4.98 Å². The third-order valence-corrected chi connectivity index (χ3v) is 4.48. The summed E-state index contributed by atoms with van der Waals surface area (Å²) in [6, 6.07) is 3.42. The molecule has 0 saturated carbocycles. The number of nitrogens with zero attached hydrogens (tertiary/aromatic N) is 2. The third kappa shape index (κ3) is 5.43. The molecule has 0 spiro atoms. The molecule has 1 aliphatic rings. The van der Waals surface area contributed by atoms with Crippen molar-refractivity contribution in [3.05, 3.63) is 35.2 Å². The smallest absolute Gasteiger partial charge is 0.293 e. The van der Waals surface area contributed by atoms with Crippen LogP contribution in [0.25, 0.3) is 0 Å². The first-order chi connectivity index (χ1) is 11.1. The number of thiazole rings is 1. The van der Waals surface area contributed by atoms with E-state index in [4.69, 9.17) is 4.42 Å². The Hall–Kier alpha value is -1.61. The maximum absolute atomic E-state index is 12.4. The predicted octanol–water partition coefficient (Wildman–Crippen LogP) is 2.19. The highest BCUT2D eigenvalue weighted by atomic mass is 35.5. The van der Waals surface area contributed by atoms with Crippen LogP contribution in [0.1, 0.15) is 23.2 Å². The SMILES string of the molecule is C[C@H]1CNCCN1C(=O)Cc1csc(NC(=O)c2ccco2)n1.Cl.Cl. The molecule has 0 bridgehead atoms. The molecule has 2 aromatic rings. The van der Waals surface area contributed by atoms with E-state index in [0.717, 1.165) is 13.1 Å². The van der Waals surface area contributed by atoms with Crippen LogP contribution in [0, 0.1) is 0 Å². The molecule has 2 aromatic heterocycles. The van der Waals surface area contributed by atoms with E-state index in [1.165, 1.54) is 17.6 Å². The third-order valence-electron chi connectivity index (χ3n) is 3.67. The number of hydrogen-bond acceptors (Lipinski definition) is 6. The standard InChI is InChI=1S/C15H18N4O3S.2ClH/c1-10-8-16-4-5-19(10)13(20)7-11-9-23-15(17-11)18-14(21)12-3-2-6-22-12;;/h2-3,6,9-10,16H,4-5,7-8H2,1H3,(H,17,18,21);2*1H/t10-;;/m0../s1. The molecule has 2 amide bonds. The van der Waals surface area contributed by atoms with E-state index < -0.39 is 0 Å². The van der Waals surface area contributed by atoms with Crippen LogP contribution in [0.15, 0.2) is 28.2 Å². The molecule has 2 N–H and O–H groups in total. The molecule has 0 radical (unpaired) electrons. The van der Waals surface area contributed by atoms with Crippen molar-refractivity contribution in [1.29, 1.82) is 0 Å². The number of halogens is 2. The molecule has 3 rings (SSSR count). The Morgan fingerprint density at radius 1 is 1.48 bits per heavy atom. The average molecular weight is 407 g/mol. The van der Waals surface area contributed by atoms with E-state index in [-0.39, 0.29) is 54.9 Å². The van der Waals surface area contributed by atoms with Gasteiger partial charge in [0.25, 0.3) is 5.91 Å². The Labute approximate surface area is 162 Å². The van der Waals surface area contributed by atoms with Crippen LogP contribution in [0.3, 0.4) is 0 Å². The minimum atomic E-state index is -0.349. The van der Waals surface area contributed by atoms with Crippen LogP contribution in [-0.2, 0) is 11.2 Å². The second kappa shape index (κ2) is 9.76. The van der Waals surface area contributed by atoms with Crippen molar-refractivity contribution in [2.24, 2.45) is 0 Å². The summed E-state index contributed by atoms with van der Waals surface area (Å²) in [6.45, 7) is 4.37. The minimum absolute atomic E-state index is 0. The van der Waals surface area contributed by atoms with Crippen LogP contribution in [0.5, 0.6) is 0 Å². The Kier molecular flexibility index (Phi) is 8.37. The molecule has 1 fully saturated rings. The van der Waals surface area contributed by atoms with Gasteiger partial charge in [-0.3, -0.25) is 14.9 Å². The van der Waals surface area contributed by atoms with E-state index >= 15 is 0 Å². The minimum Gasteiger partial charge on any atom is -0.459 e. The molecule has 1 aliphatic heterocycles. The molecule has 3 heterocycles. The number of nitrogens with one attached hydrogen (secondary N) is 2. The van der Waals surface area contributed by atoms with Crippen LogP contribution in [0.2, 0.25) is 0 Å². The van der Waals surface area contributed by atoms with Gasteiger partial charge in [-0.2, -0.15) is 0 Å². The van der Waals surface area contributed by atoms with E-state index in [1.807, 2.05) is 11.8 Å². The number of rotatable bonds is 4. The van der Waals surface area contributed by atoms with Gasteiger partial charge in [-0.15, -0.1) is 36.2 Å². The lowest BCUT2D eigenvalue weighted by Crippen LogP contribution is -2.52. The fourth-order valence-corrected chi connectivity index (χ4v) is 3.19. The van der Waals surface area contributed by atoms with Crippen molar-refractivity contribution in [2.45, 2.75) is 19.4 Å². The number of anilines is 1. The van der Waals surface area contributed by atoms with Crippen LogP contribution < -0.4 is 10.6 Å². The van der Waals surface area contributed by atoms with E-state index in [9.17, 15) is 9.59 Å². The highest BCUT2D eigenvalue weighted by Crippen LogP contribution is 2.18. The molecule has 1 atom stereocenters. The summed E-state index contributed by atoms with van der Waals surface area (Å²) in [5.74, 6) is -0.0568. The Bertz CT molecular complexity index is 693. The maximum atomic E-state index is 12.4. The van der Waals surface area contributed by atoms with Crippen molar-refractivity contribution < 1.29 is 14.0 Å². The highest BCUT2D eigenvalue weighted by Gasteiger charge is 2.23. The zero-order chi connectivity index (χ0) is 16.2. The number of hydrogen-bond donors (Lipinski definition) is 2. The summed E-state index contributed by atoms with van der Waals surface area (Å²) in [7, 11) is 0. The summed E-state index contributed by atoms with van der Waals surface area (Å²) in [5, 5.41) is 8.18. The van der Waals surface area contributed by atoms with Crippen molar-refractivity contribution in [3.8, 4) is 0 Å². The van der Waals surface area contributed by atoms with Gasteiger partial charge in [0.05, 0.1) is 18.4 Å². The summed E-state index contributed by atoms with van der Waals surface area (Å²) >= 11 is 1.30. The first-order valence-corrected chi connectivity index (χ1v) is 8.31. The van der Waals surface area contributed by atoms with Crippen molar-refractivity contribution in [3.63, 3.8) is 0 Å². The molecule has 10 heteroatoms. The summed E-state index contributed by atoms with van der Waals surface area (Å²) in [5.41, 5.74) is 0.667. The van der Waals surface area contributed by atoms with Gasteiger partial charge in [-0.05, 0) is 19.1 Å². The Balaban J connectivity index is 0.00000156. The maximum Gasteiger partial charge on any atom is 0.293 e. The number of piperazine rings is 1. The number of carbonyl (C=O) groups excluding carboxylic acids is 2. The number of aromatic nitrogens is 1. The molecule has 138 valence electrons. The topological polar surface area (TPSA) is 87.5 Å². The van der Waals surface area contributed by atoms with Gasteiger partial charge in [0.2, 0.25) is 5.91 Å². The van der Waals surface area contributed by atoms with Gasteiger partial charge in [0.15, 0.2) is 10.9 Å². The second-order valence-corrected chi connectivity index (χ2v) is 6.25. The number of amides is 2.